The van der Waals surface area contributed by atoms with Gasteiger partial charge in [-0.2, -0.15) is 0 Å². The van der Waals surface area contributed by atoms with Crippen LogP contribution in [0.4, 0.5) is 0 Å². The summed E-state index contributed by atoms with van der Waals surface area (Å²) in [7, 11) is 0. The van der Waals surface area contributed by atoms with Gasteiger partial charge < -0.3 is 21.3 Å². The predicted octanol–water partition coefficient (Wildman–Crippen LogP) is -0.0609. The second-order valence-electron chi connectivity index (χ2n) is 3.88. The van der Waals surface area contributed by atoms with Crippen molar-refractivity contribution in [2.24, 2.45) is 5.73 Å². The van der Waals surface area contributed by atoms with Crippen molar-refractivity contribution in [3.63, 3.8) is 0 Å². The lowest BCUT2D eigenvalue weighted by molar-refractivity contribution is -0.141. The molecule has 0 spiro atoms. The van der Waals surface area contributed by atoms with Crippen molar-refractivity contribution in [2.45, 2.75) is 25.1 Å². The molecule has 5 nitrogen and oxygen atoms in total. The molecule has 0 saturated carbocycles. The summed E-state index contributed by atoms with van der Waals surface area (Å²) < 4.78 is 0. The van der Waals surface area contributed by atoms with Gasteiger partial charge in [-0.25, -0.2) is 0 Å². The molecule has 0 fully saturated rings. The van der Waals surface area contributed by atoms with E-state index in [4.69, 9.17) is 10.8 Å². The van der Waals surface area contributed by atoms with Crippen molar-refractivity contribution in [3.8, 4) is 0 Å². The van der Waals surface area contributed by atoms with Gasteiger partial charge in [0.2, 0.25) is 0 Å². The number of aliphatic hydroxyl groups excluding tert-OH is 1. The smallest absolute Gasteiger partial charge is 0.323 e. The van der Waals surface area contributed by atoms with E-state index in [1.807, 2.05) is 30.3 Å². The van der Waals surface area contributed by atoms with Gasteiger partial charge >= 0.3 is 5.97 Å². The summed E-state index contributed by atoms with van der Waals surface area (Å²) in [5, 5.41) is 21.1. The molecule has 0 aliphatic heterocycles. The van der Waals surface area contributed by atoms with Crippen molar-refractivity contribution < 1.29 is 15.0 Å². The van der Waals surface area contributed by atoms with E-state index in [-0.39, 0.29) is 0 Å². The van der Waals surface area contributed by atoms with E-state index in [2.05, 4.69) is 5.32 Å². The minimum atomic E-state index is -1.21. The topological polar surface area (TPSA) is 95.6 Å². The van der Waals surface area contributed by atoms with Gasteiger partial charge in [-0.05, 0) is 18.5 Å². The Labute approximate surface area is 100 Å². The fourth-order valence-corrected chi connectivity index (χ4v) is 1.42. The minimum absolute atomic E-state index is 0.320. The zero-order valence-electron chi connectivity index (χ0n) is 9.54. The van der Waals surface area contributed by atoms with Gasteiger partial charge in [-0.15, -0.1) is 0 Å². The summed E-state index contributed by atoms with van der Waals surface area (Å²) in [6.45, 7) is 1.22. The maximum absolute atomic E-state index is 10.5. The minimum Gasteiger partial charge on any atom is -0.480 e. The molecule has 0 heterocycles. The fourth-order valence-electron chi connectivity index (χ4n) is 1.42. The van der Waals surface area contributed by atoms with Crippen LogP contribution in [0.25, 0.3) is 0 Å². The molecule has 0 aliphatic rings. The molecule has 0 aliphatic carbocycles. The molecule has 0 aromatic heterocycles. The highest BCUT2D eigenvalue weighted by Crippen LogP contribution is 1.99. The zero-order chi connectivity index (χ0) is 12.7. The highest BCUT2D eigenvalue weighted by atomic mass is 16.4. The van der Waals surface area contributed by atoms with Crippen LogP contribution in [0.3, 0.4) is 0 Å². The molecule has 1 aromatic rings. The molecule has 94 valence electrons. The predicted molar refractivity (Wildman–Crippen MR) is 64.4 cm³/mol. The maximum atomic E-state index is 10.5. The Kier molecular flexibility index (Phi) is 5.62. The van der Waals surface area contributed by atoms with E-state index in [0.717, 1.165) is 5.56 Å². The number of aliphatic carboxylic acids is 1. The van der Waals surface area contributed by atoms with Crippen molar-refractivity contribution in [3.05, 3.63) is 35.9 Å². The number of carbonyl (C=O) groups is 1. The van der Waals surface area contributed by atoms with Crippen molar-refractivity contribution in [1.82, 2.24) is 5.32 Å². The molecule has 1 rings (SSSR count). The molecule has 17 heavy (non-hydrogen) atoms. The third kappa shape index (κ3) is 4.95. The number of carboxylic acid groups (broad SMARTS) is 1. The lowest BCUT2D eigenvalue weighted by Gasteiger charge is -2.14. The number of carboxylic acids is 1. The van der Waals surface area contributed by atoms with Crippen LogP contribution >= 0.6 is 0 Å². The maximum Gasteiger partial charge on any atom is 0.323 e. The van der Waals surface area contributed by atoms with Crippen LogP contribution in [0.15, 0.2) is 30.3 Å². The first-order valence-electron chi connectivity index (χ1n) is 5.52. The van der Waals surface area contributed by atoms with Crippen molar-refractivity contribution in [1.29, 1.82) is 0 Å². The first kappa shape index (κ1) is 13.6. The SMILES string of the molecule is NC(C(=O)O)C(O)CCNCc1ccccc1. The summed E-state index contributed by atoms with van der Waals surface area (Å²) in [4.78, 5) is 10.5. The Morgan fingerprint density at radius 2 is 2.00 bits per heavy atom. The first-order valence-corrected chi connectivity index (χ1v) is 5.52. The molecular formula is C12H18N2O3. The van der Waals surface area contributed by atoms with Crippen LogP contribution in [-0.2, 0) is 11.3 Å². The van der Waals surface area contributed by atoms with Gasteiger partial charge in [0.05, 0.1) is 6.10 Å². The quantitative estimate of drug-likeness (QED) is 0.499. The molecule has 0 bridgehead atoms. The molecule has 2 unspecified atom stereocenters. The van der Waals surface area contributed by atoms with Gasteiger partial charge in [0.25, 0.3) is 0 Å². The standard InChI is InChI=1S/C12H18N2O3/c13-11(12(16)17)10(15)6-7-14-8-9-4-2-1-3-5-9/h1-5,10-11,14-15H,6-8,13H2,(H,16,17). The summed E-state index contributed by atoms with van der Waals surface area (Å²) in [6.07, 6.45) is -0.698. The number of nitrogens with one attached hydrogen (secondary N) is 1. The summed E-state index contributed by atoms with van der Waals surface area (Å²) in [5.41, 5.74) is 6.42. The Hall–Kier alpha value is -1.43. The molecular weight excluding hydrogens is 220 g/mol. The first-order chi connectivity index (χ1) is 8.11. The van der Waals surface area contributed by atoms with Gasteiger partial charge in [0.15, 0.2) is 0 Å². The summed E-state index contributed by atoms with van der Waals surface area (Å²) in [6, 6.07) is 8.62. The molecule has 5 N–H and O–H groups in total. The number of aliphatic hydroxyl groups is 1. The highest BCUT2D eigenvalue weighted by molar-refractivity contribution is 5.73. The Bertz CT molecular complexity index is 343. The molecule has 0 saturated heterocycles. The van der Waals surface area contributed by atoms with Gasteiger partial charge in [0, 0.05) is 6.54 Å². The summed E-state index contributed by atoms with van der Waals surface area (Å²) in [5.74, 6) is -1.18. The number of hydrogen-bond donors (Lipinski definition) is 4. The average molecular weight is 238 g/mol. The van der Waals surface area contributed by atoms with Gasteiger partial charge in [-0.1, -0.05) is 30.3 Å². The number of benzene rings is 1. The largest absolute Gasteiger partial charge is 0.480 e. The Morgan fingerprint density at radius 3 is 2.59 bits per heavy atom. The van der Waals surface area contributed by atoms with E-state index < -0.39 is 18.1 Å². The normalized spacial score (nSPS) is 14.2. The molecule has 0 amide bonds. The van der Waals surface area contributed by atoms with E-state index in [9.17, 15) is 9.90 Å². The van der Waals surface area contributed by atoms with Crippen molar-refractivity contribution in [2.75, 3.05) is 6.54 Å². The van der Waals surface area contributed by atoms with Crippen LogP contribution in [-0.4, -0.2) is 34.9 Å². The van der Waals surface area contributed by atoms with Gasteiger partial charge in [-0.3, -0.25) is 4.79 Å². The second kappa shape index (κ2) is 7.01. The lowest BCUT2D eigenvalue weighted by Crippen LogP contribution is -2.43. The third-order valence-corrected chi connectivity index (χ3v) is 2.49. The fraction of sp³-hybridized carbons (Fsp3) is 0.417. The molecule has 5 heteroatoms. The van der Waals surface area contributed by atoms with Crippen LogP contribution in [0.1, 0.15) is 12.0 Å². The monoisotopic (exact) mass is 238 g/mol. The van der Waals surface area contributed by atoms with Crippen LogP contribution < -0.4 is 11.1 Å². The summed E-state index contributed by atoms with van der Waals surface area (Å²) >= 11 is 0. The van der Waals surface area contributed by atoms with Crippen LogP contribution in [0.5, 0.6) is 0 Å². The van der Waals surface area contributed by atoms with Gasteiger partial charge in [0.1, 0.15) is 6.04 Å². The Morgan fingerprint density at radius 1 is 1.35 bits per heavy atom. The van der Waals surface area contributed by atoms with Crippen LogP contribution in [0.2, 0.25) is 0 Å². The van der Waals surface area contributed by atoms with E-state index in [1.54, 1.807) is 0 Å². The van der Waals surface area contributed by atoms with Crippen molar-refractivity contribution >= 4 is 5.97 Å². The number of nitrogens with two attached hydrogens (primary N) is 1. The second-order valence-corrected chi connectivity index (χ2v) is 3.88. The Balaban J connectivity index is 2.18. The lowest BCUT2D eigenvalue weighted by atomic mass is 10.1. The van der Waals surface area contributed by atoms with E-state index in [0.29, 0.717) is 19.5 Å². The van der Waals surface area contributed by atoms with E-state index in [1.165, 1.54) is 0 Å². The highest BCUT2D eigenvalue weighted by Gasteiger charge is 2.20. The number of rotatable bonds is 7. The zero-order valence-corrected chi connectivity index (χ0v) is 9.54. The molecule has 1 aromatic carbocycles. The molecule has 2 atom stereocenters. The third-order valence-electron chi connectivity index (χ3n) is 2.49. The van der Waals surface area contributed by atoms with E-state index >= 15 is 0 Å². The average Bonchev–Trinajstić information content (AvgIpc) is 2.34. The molecule has 0 radical (unpaired) electrons. The van der Waals surface area contributed by atoms with Crippen LogP contribution in [0, 0.1) is 0 Å². The number of hydrogen-bond acceptors (Lipinski definition) is 4.